The van der Waals surface area contributed by atoms with Crippen LogP contribution < -0.4 is 9.47 Å². The van der Waals surface area contributed by atoms with E-state index in [0.29, 0.717) is 29.8 Å². The molecule has 0 saturated carbocycles. The lowest BCUT2D eigenvalue weighted by molar-refractivity contribution is -0.0494. The van der Waals surface area contributed by atoms with Crippen LogP contribution in [0.2, 0.25) is 0 Å². The molecule has 6 nitrogen and oxygen atoms in total. The molecular weight excluding hydrogens is 400 g/mol. The average Bonchev–Trinajstić information content (AvgIpc) is 3.02. The van der Waals surface area contributed by atoms with E-state index in [0.717, 1.165) is 30.1 Å². The Kier molecular flexibility index (Phi) is 5.11. The second-order valence-corrected chi connectivity index (χ2v) is 9.47. The van der Waals surface area contributed by atoms with Crippen molar-refractivity contribution in [2.45, 2.75) is 49.5 Å². The van der Waals surface area contributed by atoms with Crippen LogP contribution in [0.3, 0.4) is 0 Å². The quantitative estimate of drug-likeness (QED) is 0.792. The Hall–Kier alpha value is -2.25. The van der Waals surface area contributed by atoms with Crippen LogP contribution in [-0.2, 0) is 5.60 Å². The summed E-state index contributed by atoms with van der Waals surface area (Å²) in [5.74, 6) is 3.37. The molecule has 4 heterocycles. The van der Waals surface area contributed by atoms with Crippen LogP contribution in [0.5, 0.6) is 11.6 Å². The summed E-state index contributed by atoms with van der Waals surface area (Å²) in [5, 5.41) is 11.5. The number of nitrogens with zero attached hydrogens (tertiary/aromatic N) is 2. The van der Waals surface area contributed by atoms with E-state index in [4.69, 9.17) is 9.47 Å². The minimum absolute atomic E-state index is 0.00842. The molecule has 1 N–H and O–H groups in total. The maximum atomic E-state index is 13.3. The number of rotatable bonds is 5. The summed E-state index contributed by atoms with van der Waals surface area (Å²) in [5.41, 5.74) is 0.361. The standard InChI is InChI=1S/C23H26N2O4S/c1-28-21-20(3-2-10-24-21)23(27)11-16-6-7-17(12-23)25(16)22(26)15-4-8-18(9-5-15)29-19-13-30-14-19/h2-5,8-10,16-17,19,27H,6-7,11-14H2,1H3/t16-,17+,23?. The van der Waals surface area contributed by atoms with Crippen molar-refractivity contribution < 1.29 is 19.4 Å². The van der Waals surface area contributed by atoms with Crippen molar-refractivity contribution in [3.63, 3.8) is 0 Å². The SMILES string of the molecule is COc1ncccc1C1(O)C[C@H]2CC[C@@H](C1)N2C(=O)c1ccc(OC2CSC2)cc1. The fraction of sp³-hybridized carbons (Fsp3) is 0.478. The Morgan fingerprint density at radius 3 is 2.47 bits per heavy atom. The van der Waals surface area contributed by atoms with Crippen molar-refractivity contribution in [1.29, 1.82) is 0 Å². The lowest BCUT2D eigenvalue weighted by Gasteiger charge is -2.44. The van der Waals surface area contributed by atoms with E-state index in [1.54, 1.807) is 13.3 Å². The van der Waals surface area contributed by atoms with Crippen molar-refractivity contribution in [3.8, 4) is 11.6 Å². The number of hydrogen-bond donors (Lipinski definition) is 1. The molecule has 30 heavy (non-hydrogen) atoms. The molecule has 1 aromatic carbocycles. The number of fused-ring (bicyclic) bond motifs is 2. The van der Waals surface area contributed by atoms with Crippen LogP contribution in [0.25, 0.3) is 0 Å². The fourth-order valence-corrected chi connectivity index (χ4v) is 5.55. The summed E-state index contributed by atoms with van der Waals surface area (Å²) >= 11 is 1.88. The van der Waals surface area contributed by atoms with E-state index in [1.807, 2.05) is 53.1 Å². The Balaban J connectivity index is 1.33. The number of amides is 1. The van der Waals surface area contributed by atoms with Crippen molar-refractivity contribution in [1.82, 2.24) is 9.88 Å². The molecule has 3 atom stereocenters. The van der Waals surface area contributed by atoms with Crippen molar-refractivity contribution >= 4 is 17.7 Å². The topological polar surface area (TPSA) is 71.9 Å². The van der Waals surface area contributed by atoms with Gasteiger partial charge in [0.1, 0.15) is 11.9 Å². The van der Waals surface area contributed by atoms with Crippen LogP contribution in [-0.4, -0.2) is 57.7 Å². The van der Waals surface area contributed by atoms with E-state index in [1.165, 1.54) is 0 Å². The predicted molar refractivity (Wildman–Crippen MR) is 115 cm³/mol. The molecule has 5 rings (SSSR count). The summed E-state index contributed by atoms with van der Waals surface area (Å²) in [4.78, 5) is 19.5. The van der Waals surface area contributed by atoms with Crippen LogP contribution in [0.4, 0.5) is 0 Å². The summed E-state index contributed by atoms with van der Waals surface area (Å²) in [6.45, 7) is 0. The van der Waals surface area contributed by atoms with Crippen molar-refractivity contribution in [2.24, 2.45) is 0 Å². The molecule has 2 aromatic rings. The number of methoxy groups -OCH3 is 1. The molecule has 1 amide bonds. The van der Waals surface area contributed by atoms with Gasteiger partial charge >= 0.3 is 0 Å². The Morgan fingerprint density at radius 2 is 1.87 bits per heavy atom. The summed E-state index contributed by atoms with van der Waals surface area (Å²) < 4.78 is 11.3. The molecule has 1 aromatic heterocycles. The van der Waals surface area contributed by atoms with Crippen molar-refractivity contribution in [3.05, 3.63) is 53.7 Å². The van der Waals surface area contributed by atoms with Gasteiger partial charge in [-0.05, 0) is 49.2 Å². The van der Waals surface area contributed by atoms with Gasteiger partial charge in [0.25, 0.3) is 5.91 Å². The average molecular weight is 427 g/mol. The van der Waals surface area contributed by atoms with Gasteiger partial charge in [0.2, 0.25) is 5.88 Å². The number of ether oxygens (including phenoxy) is 2. The highest BCUT2D eigenvalue weighted by atomic mass is 32.2. The van der Waals surface area contributed by atoms with Gasteiger partial charge in [0.05, 0.1) is 12.7 Å². The molecule has 0 spiro atoms. The van der Waals surface area contributed by atoms with E-state index in [2.05, 4.69) is 4.98 Å². The van der Waals surface area contributed by atoms with Crippen molar-refractivity contribution in [2.75, 3.05) is 18.6 Å². The Bertz CT molecular complexity index is 917. The molecular formula is C23H26N2O4S. The van der Waals surface area contributed by atoms with E-state index >= 15 is 0 Å². The number of aliphatic hydroxyl groups is 1. The first kappa shape index (κ1) is 19.7. The summed E-state index contributed by atoms with van der Waals surface area (Å²) in [6.07, 6.45) is 4.76. The second-order valence-electron chi connectivity index (χ2n) is 8.40. The first-order chi connectivity index (χ1) is 14.6. The van der Waals surface area contributed by atoms with Crippen LogP contribution in [0.15, 0.2) is 42.6 Å². The number of piperidine rings is 1. The van der Waals surface area contributed by atoms with Crippen LogP contribution >= 0.6 is 11.8 Å². The van der Waals surface area contributed by atoms with Gasteiger partial charge in [0, 0.05) is 53.8 Å². The zero-order valence-corrected chi connectivity index (χ0v) is 17.8. The zero-order chi connectivity index (χ0) is 20.7. The minimum atomic E-state index is -1.03. The second kappa shape index (κ2) is 7.78. The molecule has 7 heteroatoms. The van der Waals surface area contributed by atoms with Gasteiger partial charge in [-0.1, -0.05) is 0 Å². The lowest BCUT2D eigenvalue weighted by atomic mass is 9.80. The van der Waals surface area contributed by atoms with Gasteiger partial charge < -0.3 is 19.5 Å². The maximum Gasteiger partial charge on any atom is 0.254 e. The maximum absolute atomic E-state index is 13.3. The zero-order valence-electron chi connectivity index (χ0n) is 17.0. The largest absolute Gasteiger partial charge is 0.489 e. The number of aromatic nitrogens is 1. The molecule has 3 aliphatic heterocycles. The molecule has 2 bridgehead atoms. The smallest absolute Gasteiger partial charge is 0.254 e. The highest BCUT2D eigenvalue weighted by Crippen LogP contribution is 2.47. The first-order valence-electron chi connectivity index (χ1n) is 10.5. The molecule has 158 valence electrons. The molecule has 0 radical (unpaired) electrons. The first-order valence-corrected chi connectivity index (χ1v) is 11.6. The molecule has 3 aliphatic rings. The highest BCUT2D eigenvalue weighted by Gasteiger charge is 2.51. The third-order valence-electron chi connectivity index (χ3n) is 6.48. The van der Waals surface area contributed by atoms with Gasteiger partial charge in [-0.15, -0.1) is 0 Å². The van der Waals surface area contributed by atoms with Gasteiger partial charge in [-0.25, -0.2) is 4.98 Å². The number of thioether (sulfide) groups is 1. The van der Waals surface area contributed by atoms with Crippen LogP contribution in [0, 0.1) is 0 Å². The number of pyridine rings is 1. The monoisotopic (exact) mass is 426 g/mol. The van der Waals surface area contributed by atoms with Gasteiger partial charge in [-0.3, -0.25) is 4.79 Å². The lowest BCUT2D eigenvalue weighted by Crippen LogP contribution is -2.52. The van der Waals surface area contributed by atoms with E-state index < -0.39 is 5.60 Å². The predicted octanol–water partition coefficient (Wildman–Crippen LogP) is 3.24. The number of carbonyl (C=O) groups excluding carboxylic acids is 1. The molecule has 0 aliphatic carbocycles. The third-order valence-corrected chi connectivity index (χ3v) is 7.69. The number of hydrogen-bond acceptors (Lipinski definition) is 6. The van der Waals surface area contributed by atoms with E-state index in [9.17, 15) is 9.90 Å². The normalized spacial score (nSPS) is 28.1. The van der Waals surface area contributed by atoms with E-state index in [-0.39, 0.29) is 24.1 Å². The number of carbonyl (C=O) groups is 1. The Labute approximate surface area is 180 Å². The van der Waals surface area contributed by atoms with Crippen LogP contribution in [0.1, 0.15) is 41.6 Å². The third kappa shape index (κ3) is 3.44. The van der Waals surface area contributed by atoms with Gasteiger partial charge in [0.15, 0.2) is 0 Å². The molecule has 1 unspecified atom stereocenters. The van der Waals surface area contributed by atoms with Gasteiger partial charge in [-0.2, -0.15) is 11.8 Å². The number of benzene rings is 1. The molecule has 3 fully saturated rings. The minimum Gasteiger partial charge on any atom is -0.489 e. The highest BCUT2D eigenvalue weighted by molar-refractivity contribution is 8.00. The Morgan fingerprint density at radius 1 is 1.17 bits per heavy atom. The fourth-order valence-electron chi connectivity index (χ4n) is 4.98. The summed E-state index contributed by atoms with van der Waals surface area (Å²) in [7, 11) is 1.57. The molecule has 3 saturated heterocycles. The summed E-state index contributed by atoms with van der Waals surface area (Å²) in [6, 6.07) is 11.2.